The number of hydrogen-bond acceptors (Lipinski definition) is 2. The minimum atomic E-state index is -0.0961. The second-order valence-electron chi connectivity index (χ2n) is 15.6. The summed E-state index contributed by atoms with van der Waals surface area (Å²) in [4.78, 5) is 5.29. The van der Waals surface area contributed by atoms with Gasteiger partial charge in [-0.2, -0.15) is 0 Å². The first-order valence-corrected chi connectivity index (χ1v) is 20.8. The van der Waals surface area contributed by atoms with Gasteiger partial charge in [0.15, 0.2) is 0 Å². The van der Waals surface area contributed by atoms with Crippen LogP contribution in [0.3, 0.4) is 0 Å². The van der Waals surface area contributed by atoms with E-state index in [0.717, 1.165) is 25.9 Å². The number of benzene rings is 3. The Labute approximate surface area is 324 Å². The first-order valence-electron chi connectivity index (χ1n) is 20.8. The maximum atomic E-state index is 3.94. The van der Waals surface area contributed by atoms with Gasteiger partial charge in [0.05, 0.1) is 6.04 Å². The van der Waals surface area contributed by atoms with Crippen molar-refractivity contribution in [2.75, 3.05) is 22.9 Å². The smallest absolute Gasteiger partial charge is 0.0568 e. The molecule has 0 bridgehead atoms. The van der Waals surface area contributed by atoms with Gasteiger partial charge in [-0.25, -0.2) is 0 Å². The molecule has 3 aliphatic rings. The van der Waals surface area contributed by atoms with E-state index in [2.05, 4.69) is 157 Å². The van der Waals surface area contributed by atoms with Crippen molar-refractivity contribution >= 4 is 28.2 Å². The lowest BCUT2D eigenvalue weighted by Gasteiger charge is -2.32. The predicted octanol–water partition coefficient (Wildman–Crippen LogP) is 14.7. The lowest BCUT2D eigenvalue weighted by atomic mass is 9.78. The molecule has 2 nitrogen and oxygen atoms in total. The molecule has 0 amide bonds. The molecule has 0 aromatic heterocycles. The fourth-order valence-corrected chi connectivity index (χ4v) is 8.87. The standard InChI is InChI=1S/C47H58N2.2C2H6/c1-10-13-19-38-33(4)21-27-40-44(38)46(6,7)42(48(40)31-14-11-2)29-25-35-22-23-36(34(35)5)26-30-43-47(8,9)45-39-20-17-16-18-37(39)24-28-41(45)49(43)32-15-12-3;2*1-2/h10,13,16-21,24-30,43H,1,11-12,14-15,22-23,31-32H2,2-9H3;2*1-2H3/b19-13-,30-26+,35-25+,42-29+;;. The minimum Gasteiger partial charge on any atom is -0.364 e. The van der Waals surface area contributed by atoms with Crippen LogP contribution >= 0.6 is 0 Å². The van der Waals surface area contributed by atoms with Crippen LogP contribution in [-0.4, -0.2) is 19.1 Å². The second kappa shape index (κ2) is 18.3. The Morgan fingerprint density at radius 2 is 1.45 bits per heavy atom. The molecule has 1 aliphatic carbocycles. The number of unbranched alkanes of at least 4 members (excludes halogenated alkanes) is 2. The molecule has 1 unspecified atom stereocenters. The maximum absolute atomic E-state index is 3.94. The SMILES string of the molecule is C=C/C=C\c1c(C)ccc2c1C(C)(C)/C(=C\C=C1/CCC(/C=C/C3N(CCCC)c4ccc5ccccc5c4C3(C)C)=C1C)N2CCCC.CC.CC. The molecule has 0 spiro atoms. The van der Waals surface area contributed by atoms with E-state index in [0.29, 0.717) is 6.04 Å². The Balaban J connectivity index is 0.00000152. The van der Waals surface area contributed by atoms with E-state index in [9.17, 15) is 0 Å². The van der Waals surface area contributed by atoms with E-state index in [1.807, 2.05) is 33.8 Å². The highest BCUT2D eigenvalue weighted by Crippen LogP contribution is 2.51. The molecule has 0 saturated heterocycles. The first kappa shape index (κ1) is 41.7. The van der Waals surface area contributed by atoms with Gasteiger partial charge in [0, 0.05) is 41.0 Å². The van der Waals surface area contributed by atoms with Crippen molar-refractivity contribution < 1.29 is 0 Å². The van der Waals surface area contributed by atoms with Crippen LogP contribution in [0.2, 0.25) is 0 Å². The zero-order chi connectivity index (χ0) is 38.9. The van der Waals surface area contributed by atoms with Gasteiger partial charge >= 0.3 is 0 Å². The quantitative estimate of drug-likeness (QED) is 0.183. The summed E-state index contributed by atoms with van der Waals surface area (Å²) in [5.74, 6) is 0. The molecule has 1 atom stereocenters. The fourth-order valence-electron chi connectivity index (χ4n) is 8.87. The molecular weight excluding hydrogens is 641 g/mol. The van der Waals surface area contributed by atoms with Crippen LogP contribution in [0.4, 0.5) is 11.4 Å². The van der Waals surface area contributed by atoms with E-state index < -0.39 is 0 Å². The number of aryl methyl sites for hydroxylation is 1. The highest BCUT2D eigenvalue weighted by Gasteiger charge is 2.44. The average Bonchev–Trinajstić information content (AvgIpc) is 3.71. The van der Waals surface area contributed by atoms with Crippen molar-refractivity contribution in [3.63, 3.8) is 0 Å². The third-order valence-corrected chi connectivity index (χ3v) is 11.7. The van der Waals surface area contributed by atoms with Crippen molar-refractivity contribution in [1.29, 1.82) is 0 Å². The zero-order valence-electron chi connectivity index (χ0n) is 35.5. The van der Waals surface area contributed by atoms with E-state index in [4.69, 9.17) is 0 Å². The van der Waals surface area contributed by atoms with Gasteiger partial charge in [0.2, 0.25) is 0 Å². The van der Waals surface area contributed by atoms with Crippen molar-refractivity contribution in [2.24, 2.45) is 0 Å². The molecule has 0 saturated carbocycles. The average molecular weight is 711 g/mol. The molecule has 53 heavy (non-hydrogen) atoms. The maximum Gasteiger partial charge on any atom is 0.0568 e. The summed E-state index contributed by atoms with van der Waals surface area (Å²) < 4.78 is 0. The summed E-state index contributed by atoms with van der Waals surface area (Å²) >= 11 is 0. The molecule has 0 fully saturated rings. The van der Waals surface area contributed by atoms with Gasteiger partial charge in [-0.05, 0) is 107 Å². The van der Waals surface area contributed by atoms with Crippen LogP contribution in [0.5, 0.6) is 0 Å². The Bertz CT molecular complexity index is 1890. The first-order chi connectivity index (χ1) is 25.6. The van der Waals surface area contributed by atoms with Gasteiger partial charge < -0.3 is 9.80 Å². The highest BCUT2D eigenvalue weighted by molar-refractivity contribution is 5.93. The normalized spacial score (nSPS) is 20.0. The van der Waals surface area contributed by atoms with Crippen LogP contribution in [0.15, 0.2) is 114 Å². The summed E-state index contributed by atoms with van der Waals surface area (Å²) in [5.41, 5.74) is 14.1. The third kappa shape index (κ3) is 8.08. The largest absolute Gasteiger partial charge is 0.364 e. The number of allylic oxidation sites excluding steroid dienone is 9. The van der Waals surface area contributed by atoms with Gasteiger partial charge in [-0.3, -0.25) is 0 Å². The Morgan fingerprint density at radius 1 is 0.774 bits per heavy atom. The van der Waals surface area contributed by atoms with Crippen molar-refractivity contribution in [2.45, 2.75) is 138 Å². The van der Waals surface area contributed by atoms with E-state index in [1.165, 1.54) is 92.5 Å². The number of fused-ring (bicyclic) bond motifs is 4. The minimum absolute atomic E-state index is 0.0136. The molecule has 284 valence electrons. The van der Waals surface area contributed by atoms with Crippen molar-refractivity contribution in [3.05, 3.63) is 136 Å². The van der Waals surface area contributed by atoms with Crippen LogP contribution in [0, 0.1) is 6.92 Å². The summed E-state index contributed by atoms with van der Waals surface area (Å²) in [6.07, 6.45) is 23.1. The molecule has 2 heterocycles. The number of hydrogen-bond donors (Lipinski definition) is 0. The predicted molar refractivity (Wildman–Crippen MR) is 239 cm³/mol. The fraction of sp³-hybridized carbons (Fsp3) is 0.451. The molecule has 3 aromatic rings. The number of anilines is 2. The molecule has 2 heteroatoms. The second-order valence-corrected chi connectivity index (χ2v) is 15.6. The number of rotatable bonds is 11. The molecule has 3 aromatic carbocycles. The zero-order valence-corrected chi connectivity index (χ0v) is 35.5. The van der Waals surface area contributed by atoms with E-state index >= 15 is 0 Å². The molecule has 0 radical (unpaired) electrons. The van der Waals surface area contributed by atoms with Gasteiger partial charge in [-0.1, -0.05) is 162 Å². The summed E-state index contributed by atoms with van der Waals surface area (Å²) in [5, 5.41) is 2.75. The van der Waals surface area contributed by atoms with Gasteiger partial charge in [0.25, 0.3) is 0 Å². The lowest BCUT2D eigenvalue weighted by Crippen LogP contribution is -2.40. The van der Waals surface area contributed by atoms with Crippen LogP contribution in [0.1, 0.15) is 137 Å². The van der Waals surface area contributed by atoms with E-state index in [1.54, 1.807) is 0 Å². The molecule has 6 rings (SSSR count). The lowest BCUT2D eigenvalue weighted by molar-refractivity contribution is 0.473. The Kier molecular flexibility index (Phi) is 14.4. The van der Waals surface area contributed by atoms with Crippen molar-refractivity contribution in [3.8, 4) is 0 Å². The Hall–Kier alpha value is -4.04. The monoisotopic (exact) mass is 711 g/mol. The van der Waals surface area contributed by atoms with Gasteiger partial charge in [0.1, 0.15) is 0 Å². The third-order valence-electron chi connectivity index (χ3n) is 11.7. The molecule has 0 N–H and O–H groups in total. The molecular formula is C51H70N2. The van der Waals surface area contributed by atoms with Crippen LogP contribution in [0.25, 0.3) is 16.8 Å². The topological polar surface area (TPSA) is 6.48 Å². The molecule has 2 aliphatic heterocycles. The van der Waals surface area contributed by atoms with Crippen LogP contribution in [-0.2, 0) is 10.8 Å². The number of nitrogens with zero attached hydrogens (tertiary/aromatic N) is 2. The summed E-state index contributed by atoms with van der Waals surface area (Å²) in [7, 11) is 0. The van der Waals surface area contributed by atoms with E-state index in [-0.39, 0.29) is 10.8 Å². The van der Waals surface area contributed by atoms with Crippen LogP contribution < -0.4 is 9.80 Å². The Morgan fingerprint density at radius 3 is 2.15 bits per heavy atom. The highest BCUT2D eigenvalue weighted by atomic mass is 15.2. The van der Waals surface area contributed by atoms with Crippen molar-refractivity contribution in [1.82, 2.24) is 0 Å². The summed E-state index contributed by atoms with van der Waals surface area (Å²) in [6.45, 7) is 33.0. The van der Waals surface area contributed by atoms with Gasteiger partial charge in [-0.15, -0.1) is 0 Å². The summed E-state index contributed by atoms with van der Waals surface area (Å²) in [6, 6.07) is 18.6.